The smallest absolute Gasteiger partial charge is 0.0573 e. The third kappa shape index (κ3) is 2.76. The van der Waals surface area contributed by atoms with E-state index in [-0.39, 0.29) is 24.0 Å². The highest BCUT2D eigenvalue weighted by molar-refractivity contribution is 5.85. The second-order valence-electron chi connectivity index (χ2n) is 4.77. The van der Waals surface area contributed by atoms with Crippen molar-refractivity contribution in [1.82, 2.24) is 5.32 Å². The third-order valence-corrected chi connectivity index (χ3v) is 3.29. The van der Waals surface area contributed by atoms with Gasteiger partial charge >= 0.3 is 0 Å². The van der Waals surface area contributed by atoms with Gasteiger partial charge in [0, 0.05) is 5.54 Å². The number of benzene rings is 1. The molecule has 1 aromatic rings. The summed E-state index contributed by atoms with van der Waals surface area (Å²) in [5, 5.41) is 13.2. The molecule has 0 saturated carbocycles. The van der Waals surface area contributed by atoms with Crippen molar-refractivity contribution in [2.45, 2.75) is 38.3 Å². The van der Waals surface area contributed by atoms with E-state index in [1.54, 1.807) is 0 Å². The highest BCUT2D eigenvalue weighted by atomic mass is 35.5. The molecule has 1 heterocycles. The molecule has 0 bridgehead atoms. The monoisotopic (exact) mass is 241 g/mol. The van der Waals surface area contributed by atoms with Gasteiger partial charge < -0.3 is 10.4 Å². The number of aliphatic hydroxyl groups excluding tert-OH is 1. The van der Waals surface area contributed by atoms with Gasteiger partial charge in [0.05, 0.1) is 6.10 Å². The van der Waals surface area contributed by atoms with Gasteiger partial charge in [-0.05, 0) is 38.8 Å². The summed E-state index contributed by atoms with van der Waals surface area (Å²) in [6, 6.07) is 8.52. The molecule has 1 aliphatic heterocycles. The van der Waals surface area contributed by atoms with Crippen molar-refractivity contribution in [3.8, 4) is 0 Å². The van der Waals surface area contributed by atoms with Crippen molar-refractivity contribution in [2.24, 2.45) is 0 Å². The van der Waals surface area contributed by atoms with E-state index in [4.69, 9.17) is 0 Å². The van der Waals surface area contributed by atoms with E-state index in [0.29, 0.717) is 0 Å². The minimum absolute atomic E-state index is 0. The van der Waals surface area contributed by atoms with Gasteiger partial charge in [-0.15, -0.1) is 12.4 Å². The number of hydrogen-bond acceptors (Lipinski definition) is 2. The Hall–Kier alpha value is -0.570. The first-order valence-corrected chi connectivity index (χ1v) is 5.60. The van der Waals surface area contributed by atoms with Crippen molar-refractivity contribution in [2.75, 3.05) is 6.54 Å². The van der Waals surface area contributed by atoms with E-state index in [0.717, 1.165) is 19.4 Å². The molecule has 1 saturated heterocycles. The first kappa shape index (κ1) is 13.5. The molecule has 2 atom stereocenters. The van der Waals surface area contributed by atoms with Crippen LogP contribution in [0.1, 0.15) is 30.9 Å². The van der Waals surface area contributed by atoms with E-state index in [1.807, 2.05) is 0 Å². The van der Waals surface area contributed by atoms with Crippen LogP contribution in [-0.2, 0) is 5.54 Å². The SMILES string of the molecule is Cc1cccc(C2(C)CC(O)CCN2)c1.Cl. The van der Waals surface area contributed by atoms with Crippen LogP contribution in [0.4, 0.5) is 0 Å². The van der Waals surface area contributed by atoms with Crippen molar-refractivity contribution in [3.63, 3.8) is 0 Å². The van der Waals surface area contributed by atoms with Crippen molar-refractivity contribution < 1.29 is 5.11 Å². The second-order valence-corrected chi connectivity index (χ2v) is 4.77. The summed E-state index contributed by atoms with van der Waals surface area (Å²) < 4.78 is 0. The van der Waals surface area contributed by atoms with E-state index < -0.39 is 0 Å². The first-order chi connectivity index (χ1) is 7.10. The lowest BCUT2D eigenvalue weighted by atomic mass is 9.82. The molecule has 0 radical (unpaired) electrons. The van der Waals surface area contributed by atoms with E-state index in [1.165, 1.54) is 11.1 Å². The molecule has 1 aliphatic rings. The standard InChI is InChI=1S/C13H19NO.ClH/c1-10-4-3-5-11(8-10)13(2)9-12(15)6-7-14-13;/h3-5,8,12,14-15H,6-7,9H2,1-2H3;1H. The topological polar surface area (TPSA) is 32.3 Å². The molecule has 0 aromatic heterocycles. The molecular formula is C13H20ClNO. The van der Waals surface area contributed by atoms with Crippen LogP contribution in [0.3, 0.4) is 0 Å². The van der Waals surface area contributed by atoms with E-state index in [2.05, 4.69) is 43.4 Å². The van der Waals surface area contributed by atoms with Crippen molar-refractivity contribution in [3.05, 3.63) is 35.4 Å². The van der Waals surface area contributed by atoms with Gasteiger partial charge in [-0.3, -0.25) is 0 Å². The molecule has 0 spiro atoms. The van der Waals surface area contributed by atoms with Crippen LogP contribution in [0.15, 0.2) is 24.3 Å². The molecule has 1 fully saturated rings. The predicted octanol–water partition coefficient (Wildman–Crippen LogP) is 2.38. The summed E-state index contributed by atoms with van der Waals surface area (Å²) in [5.74, 6) is 0. The van der Waals surface area contributed by atoms with Crippen LogP contribution in [0.25, 0.3) is 0 Å². The maximum absolute atomic E-state index is 9.74. The lowest BCUT2D eigenvalue weighted by Gasteiger charge is -2.38. The Morgan fingerprint density at radius 3 is 2.81 bits per heavy atom. The van der Waals surface area contributed by atoms with Gasteiger partial charge in [0.25, 0.3) is 0 Å². The summed E-state index contributed by atoms with van der Waals surface area (Å²) >= 11 is 0. The summed E-state index contributed by atoms with van der Waals surface area (Å²) in [6.07, 6.45) is 1.49. The molecule has 2 N–H and O–H groups in total. The van der Waals surface area contributed by atoms with Crippen molar-refractivity contribution in [1.29, 1.82) is 0 Å². The highest BCUT2D eigenvalue weighted by Crippen LogP contribution is 2.30. The minimum atomic E-state index is -0.170. The summed E-state index contributed by atoms with van der Waals surface area (Å²) in [4.78, 5) is 0. The fraction of sp³-hybridized carbons (Fsp3) is 0.538. The van der Waals surface area contributed by atoms with Crippen LogP contribution in [0.2, 0.25) is 0 Å². The number of aliphatic hydroxyl groups is 1. The highest BCUT2D eigenvalue weighted by Gasteiger charge is 2.32. The zero-order valence-corrected chi connectivity index (χ0v) is 10.7. The van der Waals surface area contributed by atoms with Gasteiger partial charge in [-0.25, -0.2) is 0 Å². The largest absolute Gasteiger partial charge is 0.393 e. The fourth-order valence-corrected chi connectivity index (χ4v) is 2.37. The van der Waals surface area contributed by atoms with Gasteiger partial charge in [0.1, 0.15) is 0 Å². The molecular weight excluding hydrogens is 222 g/mol. The molecule has 90 valence electrons. The number of rotatable bonds is 1. The van der Waals surface area contributed by atoms with Gasteiger partial charge in [0.2, 0.25) is 0 Å². The molecule has 2 rings (SSSR count). The third-order valence-electron chi connectivity index (χ3n) is 3.29. The average molecular weight is 242 g/mol. The lowest BCUT2D eigenvalue weighted by molar-refractivity contribution is 0.0835. The van der Waals surface area contributed by atoms with Crippen LogP contribution in [0.5, 0.6) is 0 Å². The zero-order valence-electron chi connectivity index (χ0n) is 9.86. The maximum Gasteiger partial charge on any atom is 0.0573 e. The number of hydrogen-bond donors (Lipinski definition) is 2. The Labute approximate surface area is 103 Å². The quantitative estimate of drug-likeness (QED) is 0.791. The Bertz CT molecular complexity index is 356. The second kappa shape index (κ2) is 5.17. The van der Waals surface area contributed by atoms with E-state index in [9.17, 15) is 5.11 Å². The number of nitrogens with one attached hydrogen (secondary N) is 1. The molecule has 1 aromatic carbocycles. The van der Waals surface area contributed by atoms with Crippen LogP contribution < -0.4 is 5.32 Å². The molecule has 16 heavy (non-hydrogen) atoms. The van der Waals surface area contributed by atoms with Crippen molar-refractivity contribution >= 4 is 12.4 Å². The lowest BCUT2D eigenvalue weighted by Crippen LogP contribution is -2.47. The van der Waals surface area contributed by atoms with Crippen LogP contribution in [0, 0.1) is 6.92 Å². The van der Waals surface area contributed by atoms with Crippen LogP contribution >= 0.6 is 12.4 Å². The first-order valence-electron chi connectivity index (χ1n) is 5.60. The number of aryl methyl sites for hydroxylation is 1. The van der Waals surface area contributed by atoms with E-state index >= 15 is 0 Å². The zero-order chi connectivity index (χ0) is 10.9. The summed E-state index contributed by atoms with van der Waals surface area (Å²) in [5.41, 5.74) is 2.49. The van der Waals surface area contributed by atoms with Gasteiger partial charge in [-0.2, -0.15) is 0 Å². The molecule has 0 amide bonds. The Morgan fingerprint density at radius 2 is 2.19 bits per heavy atom. The van der Waals surface area contributed by atoms with Gasteiger partial charge in [0.15, 0.2) is 0 Å². The molecule has 0 aliphatic carbocycles. The maximum atomic E-state index is 9.74. The Balaban J connectivity index is 0.00000128. The Kier molecular flexibility index (Phi) is 4.36. The number of piperidine rings is 1. The summed E-state index contributed by atoms with van der Waals surface area (Å²) in [6.45, 7) is 5.17. The molecule has 2 unspecified atom stereocenters. The Morgan fingerprint density at radius 1 is 1.44 bits per heavy atom. The fourth-order valence-electron chi connectivity index (χ4n) is 2.37. The molecule has 2 nitrogen and oxygen atoms in total. The summed E-state index contributed by atoms with van der Waals surface area (Å²) in [7, 11) is 0. The molecule has 3 heteroatoms. The minimum Gasteiger partial charge on any atom is -0.393 e. The van der Waals surface area contributed by atoms with Gasteiger partial charge in [-0.1, -0.05) is 29.8 Å². The average Bonchev–Trinajstić information content (AvgIpc) is 2.17. The number of halogens is 1. The normalized spacial score (nSPS) is 29.6. The predicted molar refractivity (Wildman–Crippen MR) is 69.0 cm³/mol. The van der Waals surface area contributed by atoms with Crippen LogP contribution in [-0.4, -0.2) is 17.8 Å².